The SMILES string of the molecule is CCCCn1c(N)c(N(Cc2ccccc2)C(=O)CC(c2ccccc2)c2ccccc2)c(=O)[nH]c1=O. The van der Waals surface area contributed by atoms with Crippen molar-refractivity contribution in [3.05, 3.63) is 129 Å². The highest BCUT2D eigenvalue weighted by molar-refractivity contribution is 5.96. The van der Waals surface area contributed by atoms with E-state index in [0.29, 0.717) is 13.0 Å². The fourth-order valence-electron chi connectivity index (χ4n) is 4.52. The van der Waals surface area contributed by atoms with Gasteiger partial charge < -0.3 is 10.6 Å². The van der Waals surface area contributed by atoms with Gasteiger partial charge in [-0.3, -0.25) is 19.1 Å². The van der Waals surface area contributed by atoms with Crippen molar-refractivity contribution in [1.29, 1.82) is 0 Å². The van der Waals surface area contributed by atoms with Gasteiger partial charge in [0, 0.05) is 18.9 Å². The van der Waals surface area contributed by atoms with Crippen molar-refractivity contribution in [2.24, 2.45) is 0 Å². The monoisotopic (exact) mass is 496 g/mol. The number of nitrogens with one attached hydrogen (secondary N) is 1. The standard InChI is InChI=1S/C30H32N4O3/c1-2-3-19-33-28(31)27(29(36)32-30(33)37)34(21-22-13-7-4-8-14-22)26(35)20-25(23-15-9-5-10-16-23)24-17-11-6-12-18-24/h4-18,25H,2-3,19-21,31H2,1H3,(H,32,36,37). The number of anilines is 2. The lowest BCUT2D eigenvalue weighted by Gasteiger charge is -2.27. The summed E-state index contributed by atoms with van der Waals surface area (Å²) in [5.74, 6) is -0.485. The number of aromatic nitrogens is 2. The Morgan fingerprint density at radius 2 is 1.43 bits per heavy atom. The average Bonchev–Trinajstić information content (AvgIpc) is 2.92. The van der Waals surface area contributed by atoms with Crippen molar-refractivity contribution in [2.45, 2.75) is 45.2 Å². The van der Waals surface area contributed by atoms with Crippen LogP contribution >= 0.6 is 0 Å². The highest BCUT2D eigenvalue weighted by atomic mass is 16.2. The molecule has 0 aliphatic carbocycles. The Morgan fingerprint density at radius 1 is 0.892 bits per heavy atom. The number of hydrogen-bond acceptors (Lipinski definition) is 4. The number of benzene rings is 3. The molecule has 0 saturated carbocycles. The van der Waals surface area contributed by atoms with Gasteiger partial charge in [-0.2, -0.15) is 0 Å². The number of rotatable bonds is 10. The van der Waals surface area contributed by atoms with Crippen LogP contribution in [0, 0.1) is 0 Å². The van der Waals surface area contributed by atoms with Crippen LogP contribution in [-0.4, -0.2) is 15.5 Å². The van der Waals surface area contributed by atoms with Gasteiger partial charge in [0.2, 0.25) is 5.91 Å². The zero-order valence-corrected chi connectivity index (χ0v) is 21.0. The molecule has 0 unspecified atom stereocenters. The largest absolute Gasteiger partial charge is 0.383 e. The first-order chi connectivity index (χ1) is 18.0. The van der Waals surface area contributed by atoms with Crippen LogP contribution in [0.3, 0.4) is 0 Å². The molecule has 3 N–H and O–H groups in total. The molecule has 4 rings (SSSR count). The molecule has 37 heavy (non-hydrogen) atoms. The molecule has 7 nitrogen and oxygen atoms in total. The van der Waals surface area contributed by atoms with E-state index >= 15 is 0 Å². The molecule has 0 atom stereocenters. The predicted octanol–water partition coefficient (Wildman–Crippen LogP) is 4.67. The lowest BCUT2D eigenvalue weighted by atomic mass is 9.88. The van der Waals surface area contributed by atoms with E-state index in [1.165, 1.54) is 9.47 Å². The average molecular weight is 497 g/mol. The molecule has 1 amide bonds. The molecule has 0 saturated heterocycles. The Balaban J connectivity index is 1.79. The van der Waals surface area contributed by atoms with Crippen LogP contribution in [-0.2, 0) is 17.9 Å². The van der Waals surface area contributed by atoms with Gasteiger partial charge in [-0.1, -0.05) is 104 Å². The quantitative estimate of drug-likeness (QED) is 0.333. The maximum Gasteiger partial charge on any atom is 0.330 e. The second kappa shape index (κ2) is 12.0. The molecule has 0 bridgehead atoms. The second-order valence-electron chi connectivity index (χ2n) is 9.04. The number of carbonyl (C=O) groups excluding carboxylic acids is 1. The molecule has 4 aromatic rings. The zero-order valence-electron chi connectivity index (χ0n) is 21.0. The molecule has 0 spiro atoms. The number of H-pyrrole nitrogens is 1. The Labute approximate surface area is 216 Å². The minimum absolute atomic E-state index is 0.00227. The molecule has 0 aliphatic heterocycles. The summed E-state index contributed by atoms with van der Waals surface area (Å²) in [5, 5.41) is 0. The Bertz CT molecular complexity index is 1390. The normalized spacial score (nSPS) is 11.0. The molecular weight excluding hydrogens is 464 g/mol. The minimum atomic E-state index is -0.671. The van der Waals surface area contributed by atoms with Crippen LogP contribution in [0.15, 0.2) is 101 Å². The van der Waals surface area contributed by atoms with E-state index in [2.05, 4.69) is 4.98 Å². The smallest absolute Gasteiger partial charge is 0.330 e. The molecule has 0 radical (unpaired) electrons. The van der Waals surface area contributed by atoms with Crippen LogP contribution in [0.25, 0.3) is 0 Å². The molecule has 0 fully saturated rings. The summed E-state index contributed by atoms with van der Waals surface area (Å²) in [6.45, 7) is 2.51. The number of hydrogen-bond donors (Lipinski definition) is 2. The van der Waals surface area contributed by atoms with Crippen molar-refractivity contribution < 1.29 is 4.79 Å². The van der Waals surface area contributed by atoms with Crippen LogP contribution in [0.2, 0.25) is 0 Å². The van der Waals surface area contributed by atoms with E-state index in [0.717, 1.165) is 23.1 Å². The van der Waals surface area contributed by atoms with E-state index in [1.54, 1.807) is 0 Å². The van der Waals surface area contributed by atoms with Crippen molar-refractivity contribution in [1.82, 2.24) is 9.55 Å². The number of nitrogen functional groups attached to an aromatic ring is 1. The highest BCUT2D eigenvalue weighted by Crippen LogP contribution is 2.30. The Kier molecular flexibility index (Phi) is 8.36. The van der Waals surface area contributed by atoms with E-state index in [4.69, 9.17) is 5.73 Å². The first kappa shape index (κ1) is 25.7. The predicted molar refractivity (Wildman–Crippen MR) is 148 cm³/mol. The molecular formula is C30H32N4O3. The van der Waals surface area contributed by atoms with Crippen molar-refractivity contribution in [3.8, 4) is 0 Å². The summed E-state index contributed by atoms with van der Waals surface area (Å²) in [4.78, 5) is 43.5. The number of carbonyl (C=O) groups is 1. The van der Waals surface area contributed by atoms with E-state index in [1.807, 2.05) is 97.9 Å². The third-order valence-electron chi connectivity index (χ3n) is 6.49. The number of nitrogens with two attached hydrogens (primary N) is 1. The minimum Gasteiger partial charge on any atom is -0.383 e. The number of nitrogens with zero attached hydrogens (tertiary/aromatic N) is 2. The molecule has 0 aliphatic rings. The molecule has 190 valence electrons. The van der Waals surface area contributed by atoms with Gasteiger partial charge in [0.05, 0.1) is 6.54 Å². The maximum absolute atomic E-state index is 14.1. The zero-order chi connectivity index (χ0) is 26.2. The van der Waals surface area contributed by atoms with Crippen molar-refractivity contribution in [3.63, 3.8) is 0 Å². The van der Waals surface area contributed by atoms with Gasteiger partial charge >= 0.3 is 5.69 Å². The van der Waals surface area contributed by atoms with E-state index in [9.17, 15) is 14.4 Å². The first-order valence-corrected chi connectivity index (χ1v) is 12.6. The fraction of sp³-hybridized carbons (Fsp3) is 0.233. The van der Waals surface area contributed by atoms with Gasteiger partial charge in [0.25, 0.3) is 5.56 Å². The fourth-order valence-corrected chi connectivity index (χ4v) is 4.52. The van der Waals surface area contributed by atoms with Crippen LogP contribution in [0.4, 0.5) is 11.5 Å². The number of amides is 1. The summed E-state index contributed by atoms with van der Waals surface area (Å²) < 4.78 is 1.34. The first-order valence-electron chi connectivity index (χ1n) is 12.6. The van der Waals surface area contributed by atoms with E-state index in [-0.39, 0.29) is 36.3 Å². The van der Waals surface area contributed by atoms with E-state index < -0.39 is 11.2 Å². The highest BCUT2D eigenvalue weighted by Gasteiger charge is 2.28. The summed E-state index contributed by atoms with van der Waals surface area (Å²) in [6, 6.07) is 29.1. The summed E-state index contributed by atoms with van der Waals surface area (Å²) in [6.07, 6.45) is 1.68. The third-order valence-corrected chi connectivity index (χ3v) is 6.49. The van der Waals surface area contributed by atoms with Gasteiger partial charge in [-0.25, -0.2) is 4.79 Å². The van der Waals surface area contributed by atoms with Gasteiger partial charge in [-0.15, -0.1) is 0 Å². The van der Waals surface area contributed by atoms with Crippen LogP contribution in [0.1, 0.15) is 48.8 Å². The number of unbranched alkanes of at least 4 members (excludes halogenated alkanes) is 1. The van der Waals surface area contributed by atoms with Gasteiger partial charge in [0.1, 0.15) is 5.82 Å². The van der Waals surface area contributed by atoms with Crippen LogP contribution in [0.5, 0.6) is 0 Å². The van der Waals surface area contributed by atoms with Crippen molar-refractivity contribution >= 4 is 17.4 Å². The maximum atomic E-state index is 14.1. The molecule has 7 heteroatoms. The molecule has 1 heterocycles. The van der Waals surface area contributed by atoms with Crippen LogP contribution < -0.4 is 21.9 Å². The summed E-state index contributed by atoms with van der Waals surface area (Å²) in [7, 11) is 0. The second-order valence-corrected chi connectivity index (χ2v) is 9.04. The topological polar surface area (TPSA) is 101 Å². The molecule has 1 aromatic heterocycles. The summed E-state index contributed by atoms with van der Waals surface area (Å²) in [5.41, 5.74) is 8.02. The third kappa shape index (κ3) is 6.06. The molecule has 3 aromatic carbocycles. The van der Waals surface area contributed by atoms with Crippen molar-refractivity contribution in [2.75, 3.05) is 10.6 Å². The Hall–Kier alpha value is -4.39. The van der Waals surface area contributed by atoms with Gasteiger partial charge in [0.15, 0.2) is 5.69 Å². The number of aromatic amines is 1. The lowest BCUT2D eigenvalue weighted by Crippen LogP contribution is -2.41. The lowest BCUT2D eigenvalue weighted by molar-refractivity contribution is -0.119. The summed E-state index contributed by atoms with van der Waals surface area (Å²) >= 11 is 0. The Morgan fingerprint density at radius 3 is 1.97 bits per heavy atom. The van der Waals surface area contributed by atoms with Gasteiger partial charge in [-0.05, 0) is 23.1 Å².